The van der Waals surface area contributed by atoms with Crippen molar-refractivity contribution in [1.82, 2.24) is 25.0 Å². The number of pyridine rings is 1. The van der Waals surface area contributed by atoms with Gasteiger partial charge in [0.1, 0.15) is 0 Å². The number of nitrogens with one attached hydrogen (secondary N) is 1. The van der Waals surface area contributed by atoms with E-state index in [1.165, 1.54) is 0 Å². The van der Waals surface area contributed by atoms with Crippen molar-refractivity contribution in [2.24, 2.45) is 5.92 Å². The summed E-state index contributed by atoms with van der Waals surface area (Å²) in [6.45, 7) is 5.75. The number of nitrogens with zero attached hydrogens (tertiary/aromatic N) is 4. The van der Waals surface area contributed by atoms with Gasteiger partial charge in [0, 0.05) is 38.1 Å². The Bertz CT molecular complexity index is 772. The fourth-order valence-electron chi connectivity index (χ4n) is 3.39. The van der Waals surface area contributed by atoms with Gasteiger partial charge in [0.05, 0.1) is 24.7 Å². The topological polar surface area (TPSA) is 80.1 Å². The fraction of sp³-hybridized carbons (Fsp3) is 0.500. The summed E-state index contributed by atoms with van der Waals surface area (Å²) in [5.41, 5.74) is 2.12. The van der Waals surface area contributed by atoms with Crippen LogP contribution in [0, 0.1) is 5.92 Å². The van der Waals surface area contributed by atoms with Crippen molar-refractivity contribution in [2.45, 2.75) is 45.7 Å². The van der Waals surface area contributed by atoms with Crippen molar-refractivity contribution in [1.29, 1.82) is 0 Å². The highest BCUT2D eigenvalue weighted by atomic mass is 16.2. The van der Waals surface area contributed by atoms with Gasteiger partial charge in [-0.3, -0.25) is 19.3 Å². The van der Waals surface area contributed by atoms with Gasteiger partial charge < -0.3 is 10.2 Å². The van der Waals surface area contributed by atoms with Crippen LogP contribution in [0.1, 0.15) is 44.0 Å². The molecule has 7 heteroatoms. The molecule has 3 heterocycles. The Morgan fingerprint density at radius 3 is 2.74 bits per heavy atom. The molecule has 0 unspecified atom stereocenters. The van der Waals surface area contributed by atoms with E-state index in [1.807, 2.05) is 41.6 Å². The molecular formula is C20H27N5O2. The molecular weight excluding hydrogens is 342 g/mol. The average Bonchev–Trinajstić information content (AvgIpc) is 3.11. The van der Waals surface area contributed by atoms with E-state index < -0.39 is 0 Å². The largest absolute Gasteiger partial charge is 0.356 e. The smallest absolute Gasteiger partial charge is 0.223 e. The second-order valence-electron chi connectivity index (χ2n) is 7.45. The van der Waals surface area contributed by atoms with Crippen LogP contribution in [-0.4, -0.2) is 44.6 Å². The summed E-state index contributed by atoms with van der Waals surface area (Å²) in [5.74, 6) is 0.438. The third kappa shape index (κ3) is 5.15. The first-order chi connectivity index (χ1) is 13.0. The third-order valence-electron chi connectivity index (χ3n) is 4.72. The van der Waals surface area contributed by atoms with E-state index in [4.69, 9.17) is 0 Å². The molecule has 0 aliphatic carbocycles. The van der Waals surface area contributed by atoms with Gasteiger partial charge >= 0.3 is 0 Å². The minimum atomic E-state index is -0.124. The lowest BCUT2D eigenvalue weighted by molar-refractivity contribution is -0.135. The molecule has 1 N–H and O–H groups in total. The van der Waals surface area contributed by atoms with Crippen molar-refractivity contribution in [3.8, 4) is 0 Å². The highest BCUT2D eigenvalue weighted by Gasteiger charge is 2.29. The first-order valence-electron chi connectivity index (χ1n) is 9.48. The maximum absolute atomic E-state index is 12.5. The molecule has 0 radical (unpaired) electrons. The standard InChI is InChI=1S/C20H27N5O2/c1-15(2)11-20(27)24-13-17-6-10-23-25(17)18(14-24)12-19(26)22-9-5-16-3-7-21-8-4-16/h3-4,6-8,10,15,18H,5,9,11-14H2,1-2H3,(H,22,26)/t18-/m1/s1. The van der Waals surface area contributed by atoms with Crippen LogP contribution in [0.15, 0.2) is 36.8 Å². The third-order valence-corrected chi connectivity index (χ3v) is 4.72. The molecule has 27 heavy (non-hydrogen) atoms. The van der Waals surface area contributed by atoms with Crippen LogP contribution in [0.25, 0.3) is 0 Å². The molecule has 1 aliphatic rings. The first kappa shape index (κ1) is 19.1. The van der Waals surface area contributed by atoms with E-state index in [-0.39, 0.29) is 17.9 Å². The van der Waals surface area contributed by atoms with Gasteiger partial charge in [0.25, 0.3) is 0 Å². The number of fused-ring (bicyclic) bond motifs is 1. The van der Waals surface area contributed by atoms with Gasteiger partial charge in [0.15, 0.2) is 0 Å². The Hall–Kier alpha value is -2.70. The van der Waals surface area contributed by atoms with Gasteiger partial charge in [-0.1, -0.05) is 13.8 Å². The SMILES string of the molecule is CC(C)CC(=O)N1Cc2ccnn2[C@H](CC(=O)NCCc2ccncc2)C1. The van der Waals surface area contributed by atoms with Crippen molar-refractivity contribution in [3.63, 3.8) is 0 Å². The summed E-state index contributed by atoms with van der Waals surface area (Å²) in [4.78, 5) is 30.8. The van der Waals surface area contributed by atoms with Crippen molar-refractivity contribution in [3.05, 3.63) is 48.0 Å². The number of carbonyl (C=O) groups excluding carboxylic acids is 2. The number of aromatic nitrogens is 3. The second kappa shape index (κ2) is 8.79. The second-order valence-corrected chi connectivity index (χ2v) is 7.45. The van der Waals surface area contributed by atoms with Crippen LogP contribution in [-0.2, 0) is 22.6 Å². The van der Waals surface area contributed by atoms with Gasteiger partial charge in [-0.05, 0) is 36.1 Å². The van der Waals surface area contributed by atoms with E-state index in [9.17, 15) is 9.59 Å². The van der Waals surface area contributed by atoms with Gasteiger partial charge in [-0.15, -0.1) is 0 Å². The average molecular weight is 369 g/mol. The number of carbonyl (C=O) groups is 2. The predicted molar refractivity (Wildman–Crippen MR) is 102 cm³/mol. The summed E-state index contributed by atoms with van der Waals surface area (Å²) >= 11 is 0. The molecule has 2 aromatic rings. The zero-order valence-corrected chi connectivity index (χ0v) is 16.0. The van der Waals surface area contributed by atoms with Crippen LogP contribution in [0.5, 0.6) is 0 Å². The van der Waals surface area contributed by atoms with Crippen molar-refractivity contribution in [2.75, 3.05) is 13.1 Å². The molecule has 144 valence electrons. The number of amides is 2. The molecule has 0 saturated heterocycles. The highest BCUT2D eigenvalue weighted by Crippen LogP contribution is 2.24. The number of rotatable bonds is 7. The molecule has 1 aliphatic heterocycles. The van der Waals surface area contributed by atoms with E-state index in [0.29, 0.717) is 38.4 Å². The Morgan fingerprint density at radius 2 is 2.00 bits per heavy atom. The molecule has 0 spiro atoms. The molecule has 3 rings (SSSR count). The molecule has 2 amide bonds. The monoisotopic (exact) mass is 369 g/mol. The quantitative estimate of drug-likeness (QED) is 0.809. The Balaban J connectivity index is 1.56. The lowest BCUT2D eigenvalue weighted by Crippen LogP contribution is -2.43. The molecule has 7 nitrogen and oxygen atoms in total. The Labute approximate surface area is 159 Å². The zero-order valence-electron chi connectivity index (χ0n) is 16.0. The van der Waals surface area contributed by atoms with Crippen molar-refractivity contribution >= 4 is 11.8 Å². The maximum Gasteiger partial charge on any atom is 0.223 e. The molecule has 0 fully saturated rings. The van der Waals surface area contributed by atoms with Gasteiger partial charge in [0.2, 0.25) is 11.8 Å². The highest BCUT2D eigenvalue weighted by molar-refractivity contribution is 5.78. The Kier molecular flexibility index (Phi) is 6.21. The lowest BCUT2D eigenvalue weighted by atomic mass is 10.1. The molecule has 0 aromatic carbocycles. The van der Waals surface area contributed by atoms with Crippen LogP contribution < -0.4 is 5.32 Å². The summed E-state index contributed by atoms with van der Waals surface area (Å²) in [6.07, 6.45) is 6.85. The zero-order chi connectivity index (χ0) is 19.2. The van der Waals surface area contributed by atoms with E-state index in [2.05, 4.69) is 15.4 Å². The summed E-state index contributed by atoms with van der Waals surface area (Å²) in [7, 11) is 0. The van der Waals surface area contributed by atoms with Crippen LogP contribution >= 0.6 is 0 Å². The number of hydrogen-bond donors (Lipinski definition) is 1. The minimum absolute atomic E-state index is 0.0198. The van der Waals surface area contributed by atoms with Gasteiger partial charge in [-0.25, -0.2) is 0 Å². The maximum atomic E-state index is 12.5. The van der Waals surface area contributed by atoms with Crippen LogP contribution in [0.3, 0.4) is 0 Å². The molecule has 0 bridgehead atoms. The summed E-state index contributed by atoms with van der Waals surface area (Å²) in [5, 5.41) is 7.34. The summed E-state index contributed by atoms with van der Waals surface area (Å²) < 4.78 is 1.89. The minimum Gasteiger partial charge on any atom is -0.356 e. The summed E-state index contributed by atoms with van der Waals surface area (Å²) in [6, 6.07) is 5.69. The van der Waals surface area contributed by atoms with E-state index >= 15 is 0 Å². The lowest BCUT2D eigenvalue weighted by Gasteiger charge is -2.34. The first-order valence-corrected chi connectivity index (χ1v) is 9.48. The molecule has 0 saturated carbocycles. The van der Waals surface area contributed by atoms with Crippen LogP contribution in [0.2, 0.25) is 0 Å². The number of hydrogen-bond acceptors (Lipinski definition) is 4. The van der Waals surface area contributed by atoms with E-state index in [1.54, 1.807) is 18.6 Å². The Morgan fingerprint density at radius 1 is 1.22 bits per heavy atom. The molecule has 2 aromatic heterocycles. The fourth-order valence-corrected chi connectivity index (χ4v) is 3.39. The molecule has 1 atom stereocenters. The predicted octanol–water partition coefficient (Wildman–Crippen LogP) is 1.96. The van der Waals surface area contributed by atoms with Gasteiger partial charge in [-0.2, -0.15) is 5.10 Å². The van der Waals surface area contributed by atoms with Crippen LogP contribution in [0.4, 0.5) is 0 Å². The van der Waals surface area contributed by atoms with Crippen molar-refractivity contribution < 1.29 is 9.59 Å². The normalized spacial score (nSPS) is 16.3. The van der Waals surface area contributed by atoms with E-state index in [0.717, 1.165) is 17.7 Å².